The molecule has 1 spiro atoms. The van der Waals surface area contributed by atoms with Crippen LogP contribution in [0.15, 0.2) is 59.7 Å². The molecular formula is C41H50N12O6. The Hall–Kier alpha value is -6.17. The third-order valence-electron chi connectivity index (χ3n) is 12.9. The van der Waals surface area contributed by atoms with Gasteiger partial charge in [0.1, 0.15) is 22.9 Å². The number of imide groups is 1. The Morgan fingerprint density at radius 3 is 2.34 bits per heavy atom. The zero-order valence-corrected chi connectivity index (χ0v) is 33.4. The third-order valence-corrected chi connectivity index (χ3v) is 12.9. The molecule has 6 amide bonds. The van der Waals surface area contributed by atoms with E-state index in [2.05, 4.69) is 31.3 Å². The molecular weight excluding hydrogens is 757 g/mol. The van der Waals surface area contributed by atoms with E-state index in [9.17, 15) is 24.0 Å². The van der Waals surface area contributed by atoms with E-state index in [4.69, 9.17) is 9.72 Å². The molecule has 4 N–H and O–H groups in total. The molecule has 7 heterocycles. The number of ether oxygens (including phenoxy) is 1. The van der Waals surface area contributed by atoms with Crippen LogP contribution in [0, 0.1) is 5.41 Å². The molecule has 59 heavy (non-hydrogen) atoms. The molecule has 0 unspecified atom stereocenters. The summed E-state index contributed by atoms with van der Waals surface area (Å²) in [5, 5.41) is 16.1. The number of hydrogen-bond donors (Lipinski definition) is 4. The minimum Gasteiger partial charge on any atom is -0.379 e. The summed E-state index contributed by atoms with van der Waals surface area (Å²) in [6.07, 6.45) is 8.64. The lowest BCUT2D eigenvalue weighted by Crippen LogP contribution is -2.64. The minimum absolute atomic E-state index is 0.0109. The monoisotopic (exact) mass is 806 g/mol. The SMILES string of the molecule is CNc1cc(Nc2cccn(C3CCN(C(=O)N4CC5(CCN(c6ccc(N7CCC(=O)NC7=O)cc6)CC5)C4)CC3)c2=O)nc2c(C(=O)N[C@@H]3CC[C@H]3OC)cnn12. The summed E-state index contributed by atoms with van der Waals surface area (Å²) >= 11 is 0. The van der Waals surface area contributed by atoms with Crippen LogP contribution in [0.5, 0.6) is 0 Å². The number of urea groups is 2. The molecule has 0 bridgehead atoms. The lowest BCUT2D eigenvalue weighted by molar-refractivity contribution is -0.120. The molecule has 1 aromatic carbocycles. The maximum Gasteiger partial charge on any atom is 0.328 e. The lowest BCUT2D eigenvalue weighted by Gasteiger charge is -2.55. The van der Waals surface area contributed by atoms with Gasteiger partial charge in [-0.25, -0.2) is 14.6 Å². The van der Waals surface area contributed by atoms with Crippen LogP contribution in [0.4, 0.5) is 38.3 Å². The molecule has 9 rings (SSSR count). The van der Waals surface area contributed by atoms with Crippen molar-refractivity contribution in [3.8, 4) is 0 Å². The van der Waals surface area contributed by atoms with Crippen molar-refractivity contribution < 1.29 is 23.9 Å². The van der Waals surface area contributed by atoms with Gasteiger partial charge in [-0.1, -0.05) is 0 Å². The van der Waals surface area contributed by atoms with Crippen molar-refractivity contribution in [2.45, 2.75) is 63.1 Å². The van der Waals surface area contributed by atoms with Crippen LogP contribution < -0.4 is 36.6 Å². The summed E-state index contributed by atoms with van der Waals surface area (Å²) in [5.74, 6) is 0.454. The van der Waals surface area contributed by atoms with Crippen LogP contribution in [0.3, 0.4) is 0 Å². The Balaban J connectivity index is 0.776. The van der Waals surface area contributed by atoms with Gasteiger partial charge in [0.05, 0.1) is 18.3 Å². The molecule has 4 aromatic rings. The number of anilines is 5. The highest BCUT2D eigenvalue weighted by Gasteiger charge is 2.48. The quantitative estimate of drug-likeness (QED) is 0.194. The summed E-state index contributed by atoms with van der Waals surface area (Å²) in [5.41, 5.74) is 2.84. The highest BCUT2D eigenvalue weighted by molar-refractivity contribution is 6.05. The number of aromatic nitrogens is 4. The molecule has 310 valence electrons. The van der Waals surface area contributed by atoms with E-state index in [-0.39, 0.29) is 53.0 Å². The number of carbonyl (C=O) groups excluding carboxylic acids is 4. The van der Waals surface area contributed by atoms with Crippen molar-refractivity contribution in [3.05, 3.63) is 70.8 Å². The fourth-order valence-electron chi connectivity index (χ4n) is 9.20. The molecule has 5 aliphatic rings. The first kappa shape index (κ1) is 38.4. The van der Waals surface area contributed by atoms with Crippen molar-refractivity contribution in [2.75, 3.05) is 80.4 Å². The van der Waals surface area contributed by atoms with Crippen molar-refractivity contribution in [1.82, 2.24) is 39.6 Å². The molecule has 2 atom stereocenters. The third kappa shape index (κ3) is 7.29. The van der Waals surface area contributed by atoms with Crippen molar-refractivity contribution >= 4 is 58.2 Å². The number of likely N-dealkylation sites (tertiary alicyclic amines) is 2. The number of rotatable bonds is 9. The largest absolute Gasteiger partial charge is 0.379 e. The zero-order chi connectivity index (χ0) is 40.8. The highest BCUT2D eigenvalue weighted by atomic mass is 16.5. The number of pyridine rings is 1. The van der Waals surface area contributed by atoms with Gasteiger partial charge >= 0.3 is 12.1 Å². The van der Waals surface area contributed by atoms with Gasteiger partial charge in [-0.15, -0.1) is 0 Å². The van der Waals surface area contributed by atoms with E-state index in [0.29, 0.717) is 67.4 Å². The normalized spacial score (nSPS) is 21.9. The molecule has 18 nitrogen and oxygen atoms in total. The predicted molar refractivity (Wildman–Crippen MR) is 220 cm³/mol. The topological polar surface area (TPSA) is 191 Å². The average molecular weight is 807 g/mol. The smallest absolute Gasteiger partial charge is 0.328 e. The number of piperidine rings is 2. The number of fused-ring (bicyclic) bond motifs is 1. The average Bonchev–Trinajstić information content (AvgIpc) is 3.66. The molecule has 3 aromatic heterocycles. The Kier molecular flexibility index (Phi) is 10.1. The van der Waals surface area contributed by atoms with Crippen molar-refractivity contribution in [1.29, 1.82) is 0 Å². The number of nitrogens with one attached hydrogen (secondary N) is 4. The first-order valence-corrected chi connectivity index (χ1v) is 20.5. The Morgan fingerprint density at radius 2 is 1.66 bits per heavy atom. The number of benzene rings is 1. The van der Waals surface area contributed by atoms with E-state index in [1.54, 1.807) is 46.5 Å². The van der Waals surface area contributed by atoms with Gasteiger partial charge in [-0.05, 0) is 74.9 Å². The van der Waals surface area contributed by atoms with E-state index in [0.717, 1.165) is 63.2 Å². The Bertz CT molecular complexity index is 2320. The Labute approximate surface area is 340 Å². The van der Waals surface area contributed by atoms with Gasteiger partial charge < -0.3 is 40.0 Å². The number of methoxy groups -OCH3 is 1. The van der Waals surface area contributed by atoms with Gasteiger partial charge in [0.2, 0.25) is 5.91 Å². The fraction of sp³-hybridized carbons (Fsp3) is 0.488. The summed E-state index contributed by atoms with van der Waals surface area (Å²) in [4.78, 5) is 77.0. The molecule has 18 heteroatoms. The van der Waals surface area contributed by atoms with Gasteiger partial charge in [0.25, 0.3) is 11.5 Å². The second-order valence-electron chi connectivity index (χ2n) is 16.4. The predicted octanol–water partition coefficient (Wildman–Crippen LogP) is 3.39. The zero-order valence-electron chi connectivity index (χ0n) is 33.4. The summed E-state index contributed by atoms with van der Waals surface area (Å²) in [6, 6.07) is 12.8. The van der Waals surface area contributed by atoms with Gasteiger partial charge in [-0.3, -0.25) is 24.6 Å². The molecule has 5 fully saturated rings. The van der Waals surface area contributed by atoms with Crippen LogP contribution >= 0.6 is 0 Å². The number of carbonyl (C=O) groups is 4. The number of hydrogen-bond acceptors (Lipinski definition) is 11. The van der Waals surface area contributed by atoms with E-state index >= 15 is 0 Å². The molecule has 1 aliphatic carbocycles. The lowest BCUT2D eigenvalue weighted by atomic mass is 9.72. The van der Waals surface area contributed by atoms with Crippen LogP contribution in [0.25, 0.3) is 5.65 Å². The molecule has 0 radical (unpaired) electrons. The van der Waals surface area contributed by atoms with Gasteiger partial charge in [-0.2, -0.15) is 9.61 Å². The first-order valence-electron chi connectivity index (χ1n) is 20.5. The molecule has 1 saturated carbocycles. The standard InChI is InChI=1S/C41H50N12O6/c1-42-34-22-33(46-36-29(23-43-53(34)36)37(55)45-30-9-10-32(30)59-2)44-31-4-3-16-51(38(31)56)28-11-17-49(18-12-28)40(58)50-24-41(25-50)14-20-48(21-15-41)26-5-7-27(8-6-26)52-19-13-35(54)47-39(52)57/h3-8,16,22-23,28,30,32,42H,9-15,17-21,24-25H2,1-2H3,(H,44,46)(H,45,55)(H,47,54,57)/t30-,32-/m1/s1. The van der Waals surface area contributed by atoms with Crippen LogP contribution in [0.2, 0.25) is 0 Å². The Morgan fingerprint density at radius 1 is 0.915 bits per heavy atom. The number of amides is 6. The number of nitrogens with zero attached hydrogens (tertiary/aromatic N) is 8. The van der Waals surface area contributed by atoms with Crippen molar-refractivity contribution in [2.24, 2.45) is 5.41 Å². The fourth-order valence-corrected chi connectivity index (χ4v) is 9.20. The van der Waals surface area contributed by atoms with Crippen LogP contribution in [-0.2, 0) is 9.53 Å². The van der Waals surface area contributed by atoms with Gasteiger partial charge in [0, 0.05) is 101 Å². The summed E-state index contributed by atoms with van der Waals surface area (Å²) in [7, 11) is 3.40. The molecule has 4 saturated heterocycles. The second-order valence-corrected chi connectivity index (χ2v) is 16.4. The van der Waals surface area contributed by atoms with Crippen LogP contribution in [0.1, 0.15) is 61.3 Å². The van der Waals surface area contributed by atoms with Crippen LogP contribution in [-0.4, -0.2) is 125 Å². The van der Waals surface area contributed by atoms with E-state index in [1.165, 1.54) is 6.20 Å². The summed E-state index contributed by atoms with van der Waals surface area (Å²) < 4.78 is 8.74. The first-order chi connectivity index (χ1) is 28.6. The summed E-state index contributed by atoms with van der Waals surface area (Å²) in [6.45, 7) is 4.81. The van der Waals surface area contributed by atoms with Gasteiger partial charge in [0.15, 0.2) is 5.65 Å². The van der Waals surface area contributed by atoms with Crippen molar-refractivity contribution in [3.63, 3.8) is 0 Å². The maximum absolute atomic E-state index is 13.8. The maximum atomic E-state index is 13.8. The minimum atomic E-state index is -0.385. The van der Waals surface area contributed by atoms with E-state index in [1.807, 2.05) is 40.1 Å². The second kappa shape index (κ2) is 15.5. The molecule has 4 aliphatic heterocycles. The van der Waals surface area contributed by atoms with E-state index < -0.39 is 0 Å². The highest BCUT2D eigenvalue weighted by Crippen LogP contribution is 2.42.